The molecule has 1 aromatic heterocycles. The molecule has 1 amide bonds. The zero-order valence-corrected chi connectivity index (χ0v) is 16.0. The second-order valence-corrected chi connectivity index (χ2v) is 5.86. The molecule has 1 heterocycles. The van der Waals surface area contributed by atoms with Crippen LogP contribution in [0.15, 0.2) is 34.9 Å². The summed E-state index contributed by atoms with van der Waals surface area (Å²) in [6, 6.07) is 9.90. The average molecular weight is 400 g/mol. The van der Waals surface area contributed by atoms with E-state index in [-0.39, 0.29) is 23.0 Å². The zero-order chi connectivity index (χ0) is 18.2. The summed E-state index contributed by atoms with van der Waals surface area (Å²) in [5.74, 6) is 1.16. The van der Waals surface area contributed by atoms with Crippen molar-refractivity contribution in [2.45, 2.75) is 13.5 Å². The Bertz CT molecular complexity index is 679. The molecule has 0 saturated heterocycles. The van der Waals surface area contributed by atoms with E-state index in [0.717, 1.165) is 11.3 Å². The topological polar surface area (TPSA) is 55.1 Å². The molecule has 0 unspecified atom stereocenters. The molecular formula is C22H20FeN2O2+3. The van der Waals surface area contributed by atoms with Crippen LogP contribution >= 0.6 is 0 Å². The first-order valence-electron chi connectivity index (χ1n) is 8.41. The predicted molar refractivity (Wildman–Crippen MR) is 100 cm³/mol. The van der Waals surface area contributed by atoms with E-state index in [9.17, 15) is 4.79 Å². The minimum absolute atomic E-state index is 0. The fourth-order valence-electron chi connectivity index (χ4n) is 2.37. The number of nitrogens with one attached hydrogen (secondary N) is 1. The Morgan fingerprint density at radius 3 is 2.15 bits per heavy atom. The summed E-state index contributed by atoms with van der Waals surface area (Å²) in [7, 11) is 0. The fourth-order valence-corrected chi connectivity index (χ4v) is 2.37. The third kappa shape index (κ3) is 6.82. The number of aromatic nitrogens is 1. The van der Waals surface area contributed by atoms with Crippen molar-refractivity contribution in [1.29, 1.82) is 0 Å². The van der Waals surface area contributed by atoms with Crippen molar-refractivity contribution in [2.24, 2.45) is 0 Å². The van der Waals surface area contributed by atoms with E-state index < -0.39 is 0 Å². The number of aryl methyl sites for hydroxylation is 1. The van der Waals surface area contributed by atoms with Crippen molar-refractivity contribution in [3.8, 4) is 11.3 Å². The van der Waals surface area contributed by atoms with E-state index in [2.05, 4.69) is 10.5 Å². The molecule has 135 valence electrons. The van der Waals surface area contributed by atoms with E-state index in [1.807, 2.05) is 82.2 Å². The van der Waals surface area contributed by atoms with Gasteiger partial charge in [-0.25, -0.2) is 0 Å². The van der Waals surface area contributed by atoms with Crippen LogP contribution in [0.4, 0.5) is 0 Å². The summed E-state index contributed by atoms with van der Waals surface area (Å²) in [6.45, 7) is 2.36. The van der Waals surface area contributed by atoms with Crippen LogP contribution in [-0.4, -0.2) is 11.1 Å². The first-order chi connectivity index (χ1) is 12.7. The molecule has 0 spiro atoms. The van der Waals surface area contributed by atoms with Crippen LogP contribution in [0.3, 0.4) is 0 Å². The number of hydrogen-bond donors (Lipinski definition) is 1. The van der Waals surface area contributed by atoms with Crippen LogP contribution < -0.4 is 5.32 Å². The first-order valence-corrected chi connectivity index (χ1v) is 8.41. The van der Waals surface area contributed by atoms with Crippen LogP contribution in [0.5, 0.6) is 0 Å². The summed E-state index contributed by atoms with van der Waals surface area (Å²) in [6.07, 6.45) is 17.2. The van der Waals surface area contributed by atoms with E-state index >= 15 is 0 Å². The van der Waals surface area contributed by atoms with Gasteiger partial charge in [-0.15, -0.1) is 0 Å². The average Bonchev–Trinajstić information content (AvgIpc) is 3.45. The molecule has 11 radical (unpaired) electrons. The SMILES string of the molecule is Cc1ccc(-c2cc(CNC(=O)[C]3[CH][CH][CH][CH]3)on2)cc1.[CH]1[CH][CH][CH][CH]1.[Fe+3]. The van der Waals surface area contributed by atoms with Crippen molar-refractivity contribution in [3.63, 3.8) is 0 Å². The van der Waals surface area contributed by atoms with Gasteiger partial charge >= 0.3 is 17.1 Å². The monoisotopic (exact) mass is 400 g/mol. The van der Waals surface area contributed by atoms with E-state index in [0.29, 0.717) is 18.2 Å². The van der Waals surface area contributed by atoms with Crippen molar-refractivity contribution in [3.05, 3.63) is 105 Å². The second kappa shape index (κ2) is 11.3. The van der Waals surface area contributed by atoms with Crippen LogP contribution in [0.2, 0.25) is 0 Å². The van der Waals surface area contributed by atoms with Crippen molar-refractivity contribution >= 4 is 5.91 Å². The van der Waals surface area contributed by atoms with E-state index in [1.165, 1.54) is 5.56 Å². The summed E-state index contributed by atoms with van der Waals surface area (Å²) >= 11 is 0. The number of benzene rings is 1. The van der Waals surface area contributed by atoms with Gasteiger partial charge in [-0.1, -0.05) is 35.0 Å². The van der Waals surface area contributed by atoms with Gasteiger partial charge in [0.1, 0.15) is 5.69 Å². The summed E-state index contributed by atoms with van der Waals surface area (Å²) < 4.78 is 5.25. The molecule has 2 aromatic rings. The molecule has 2 fully saturated rings. The Labute approximate surface area is 172 Å². The number of hydrogen-bond acceptors (Lipinski definition) is 3. The van der Waals surface area contributed by atoms with Crippen molar-refractivity contribution in [2.75, 3.05) is 0 Å². The number of nitrogens with zero attached hydrogens (tertiary/aromatic N) is 1. The third-order valence-corrected chi connectivity index (χ3v) is 3.81. The Kier molecular flexibility index (Phi) is 9.09. The van der Waals surface area contributed by atoms with Crippen LogP contribution in [-0.2, 0) is 28.4 Å². The number of carbonyl (C=O) groups excluding carboxylic acids is 1. The molecule has 0 bridgehead atoms. The molecule has 0 aliphatic heterocycles. The van der Waals surface area contributed by atoms with Gasteiger partial charge in [0.05, 0.1) is 12.5 Å². The Balaban J connectivity index is 0.000000379. The van der Waals surface area contributed by atoms with Crippen LogP contribution in [0, 0.1) is 70.6 Å². The molecule has 5 heteroatoms. The third-order valence-electron chi connectivity index (χ3n) is 3.81. The molecule has 27 heavy (non-hydrogen) atoms. The standard InChI is InChI=1S/C17H15N2O2.C5H5.Fe/c1-12-6-8-13(9-7-12)16-10-15(21-19-16)11-18-17(20)14-4-2-3-5-14;1-2-4-5-3-1;/h2-10H,11H2,1H3,(H,18,20);1-5H;/q;;+3. The molecule has 2 saturated carbocycles. The largest absolute Gasteiger partial charge is 3.00 e. The zero-order valence-electron chi connectivity index (χ0n) is 14.9. The molecule has 1 aromatic carbocycles. The molecule has 0 atom stereocenters. The second-order valence-electron chi connectivity index (χ2n) is 5.86. The van der Waals surface area contributed by atoms with E-state index in [1.54, 1.807) is 12.8 Å². The summed E-state index contributed by atoms with van der Waals surface area (Å²) in [5.41, 5.74) is 2.97. The van der Waals surface area contributed by atoms with Gasteiger partial charge in [-0.05, 0) is 64.7 Å². The molecule has 2 aliphatic rings. The van der Waals surface area contributed by atoms with Gasteiger partial charge in [0.15, 0.2) is 5.76 Å². The number of amides is 1. The Hall–Kier alpha value is -1.58. The van der Waals surface area contributed by atoms with Gasteiger partial charge in [-0.2, -0.15) is 0 Å². The first kappa shape index (κ1) is 21.7. The number of rotatable bonds is 4. The number of carbonyl (C=O) groups is 1. The van der Waals surface area contributed by atoms with Gasteiger partial charge in [0, 0.05) is 11.6 Å². The molecule has 4 rings (SSSR count). The molecule has 4 nitrogen and oxygen atoms in total. The Morgan fingerprint density at radius 2 is 1.56 bits per heavy atom. The fraction of sp³-hybridized carbons (Fsp3) is 0.0909. The van der Waals surface area contributed by atoms with Gasteiger partial charge in [-0.3, -0.25) is 4.79 Å². The minimum Gasteiger partial charge on any atom is -0.359 e. The van der Waals surface area contributed by atoms with Gasteiger partial charge < -0.3 is 9.84 Å². The smallest absolute Gasteiger partial charge is 0.359 e. The summed E-state index contributed by atoms with van der Waals surface area (Å²) in [5, 5.41) is 6.83. The Morgan fingerprint density at radius 1 is 0.963 bits per heavy atom. The van der Waals surface area contributed by atoms with Crippen LogP contribution in [0.1, 0.15) is 11.3 Å². The van der Waals surface area contributed by atoms with E-state index in [4.69, 9.17) is 4.52 Å². The summed E-state index contributed by atoms with van der Waals surface area (Å²) in [4.78, 5) is 11.8. The predicted octanol–water partition coefficient (Wildman–Crippen LogP) is 3.69. The molecule has 1 N–H and O–H groups in total. The maximum atomic E-state index is 11.8. The molecular weight excluding hydrogens is 380 g/mol. The van der Waals surface area contributed by atoms with Gasteiger partial charge in [0.25, 0.3) is 0 Å². The quantitative estimate of drug-likeness (QED) is 0.797. The molecule has 2 aliphatic carbocycles. The normalized spacial score (nSPS) is 16.3. The maximum Gasteiger partial charge on any atom is 3.00 e. The van der Waals surface area contributed by atoms with Crippen LogP contribution in [0.25, 0.3) is 11.3 Å². The maximum absolute atomic E-state index is 11.8. The van der Waals surface area contributed by atoms with Gasteiger partial charge in [0.2, 0.25) is 5.91 Å². The van der Waals surface area contributed by atoms with Crippen molar-refractivity contribution in [1.82, 2.24) is 10.5 Å². The van der Waals surface area contributed by atoms with Crippen molar-refractivity contribution < 1.29 is 26.4 Å². The minimum atomic E-state index is -0.117.